The normalized spacial score (nSPS) is 9.22. The number of benzene rings is 4. The van der Waals surface area contributed by atoms with Crippen LogP contribution in [0.15, 0.2) is 170 Å². The number of halogens is 2. The number of fused-ring (bicyclic) bond motifs is 4. The summed E-state index contributed by atoms with van der Waals surface area (Å²) in [5.41, 5.74) is 0.519. The van der Waals surface area contributed by atoms with Crippen LogP contribution in [0.25, 0.3) is 43.1 Å². The minimum absolute atomic E-state index is 0. The maximum atomic E-state index is 2.33. The van der Waals surface area contributed by atoms with E-state index in [9.17, 15) is 0 Å². The van der Waals surface area contributed by atoms with Gasteiger partial charge in [-0.25, -0.2) is 0 Å². The van der Waals surface area contributed by atoms with Gasteiger partial charge in [0.05, 0.1) is 0 Å². The first-order valence-electron chi connectivity index (χ1n) is 14.8. The van der Waals surface area contributed by atoms with E-state index in [4.69, 9.17) is 0 Å². The molecule has 0 heterocycles. The summed E-state index contributed by atoms with van der Waals surface area (Å²) in [6.45, 7) is 9.32. The molecule has 8 rings (SSSR count). The Morgan fingerprint density at radius 1 is 0.348 bits per heavy atom. The maximum Gasteiger partial charge on any atom is -0.0809 e. The summed E-state index contributed by atoms with van der Waals surface area (Å²) >= 11 is 2.90. The van der Waals surface area contributed by atoms with Crippen molar-refractivity contribution in [2.24, 2.45) is 0 Å². The summed E-state index contributed by atoms with van der Waals surface area (Å²) in [5, 5.41) is 10.6. The van der Waals surface area contributed by atoms with Crippen LogP contribution in [0.4, 0.5) is 0 Å². The van der Waals surface area contributed by atoms with E-state index in [0.717, 1.165) is 0 Å². The van der Waals surface area contributed by atoms with Crippen molar-refractivity contribution in [1.29, 1.82) is 0 Å². The Bertz CT molecular complexity index is 1570. The summed E-state index contributed by atoms with van der Waals surface area (Å²) in [5.74, 6) is 0. The molecule has 0 aliphatic carbocycles. The summed E-state index contributed by atoms with van der Waals surface area (Å²) in [6, 6.07) is 58.7. The molecule has 0 aromatic heterocycles. The van der Waals surface area contributed by atoms with Crippen molar-refractivity contribution < 1.29 is 46.0 Å². The molecule has 8 aromatic carbocycles. The van der Waals surface area contributed by atoms with Crippen LogP contribution in [0.5, 0.6) is 0 Å². The minimum atomic E-state index is 0. The van der Waals surface area contributed by atoms with Crippen LogP contribution in [0.3, 0.4) is 0 Å². The molecule has 8 aromatic rings. The van der Waals surface area contributed by atoms with Gasteiger partial charge in [0, 0.05) is 0 Å². The van der Waals surface area contributed by atoms with Crippen molar-refractivity contribution in [1.82, 2.24) is 0 Å². The molecule has 0 saturated heterocycles. The van der Waals surface area contributed by atoms with Crippen molar-refractivity contribution in [2.45, 2.75) is 26.2 Å². The fourth-order valence-corrected chi connectivity index (χ4v) is 4.28. The zero-order valence-electron chi connectivity index (χ0n) is 27.0. The quantitative estimate of drug-likeness (QED) is 0.105. The van der Waals surface area contributed by atoms with Gasteiger partial charge in [0.25, 0.3) is 0 Å². The molecule has 0 aliphatic heterocycles. The molecule has 0 spiro atoms. The van der Waals surface area contributed by atoms with Crippen LogP contribution in [0, 0.1) is 0 Å². The van der Waals surface area contributed by atoms with Gasteiger partial charge in [0.1, 0.15) is 0 Å². The van der Waals surface area contributed by atoms with E-state index < -0.39 is 0 Å². The first-order valence-corrected chi connectivity index (χ1v) is 30.6. The molecule has 6 heteroatoms. The Hall–Kier alpha value is -1.93. The van der Waals surface area contributed by atoms with Gasteiger partial charge < -0.3 is 0 Å². The third kappa shape index (κ3) is 16.3. The Labute approximate surface area is 317 Å². The van der Waals surface area contributed by atoms with E-state index in [1.165, 1.54) is 89.1 Å². The Balaban J connectivity index is 0.000000282. The van der Waals surface area contributed by atoms with Crippen LogP contribution in [-0.4, -0.2) is 11.0 Å². The number of hydrogen-bond donors (Lipinski definition) is 0. The van der Waals surface area contributed by atoms with Crippen molar-refractivity contribution in [3.63, 3.8) is 0 Å². The molecule has 0 nitrogen and oxygen atoms in total. The molecule has 0 saturated carbocycles. The second-order valence-electron chi connectivity index (χ2n) is 10.6. The molecule has 0 N–H and O–H groups in total. The second kappa shape index (κ2) is 24.3. The Kier molecular flexibility index (Phi) is 22.2. The zero-order valence-corrected chi connectivity index (χ0v) is 37.8. The second-order valence-corrected chi connectivity index (χ2v) is 36.2. The Morgan fingerprint density at radius 2 is 0.522 bits per heavy atom. The third-order valence-electron chi connectivity index (χ3n) is 6.19. The van der Waals surface area contributed by atoms with Gasteiger partial charge >= 0.3 is 83.2 Å². The first-order chi connectivity index (χ1) is 21.3. The molecule has 0 radical (unpaired) electrons. The molecule has 0 aliphatic rings. The predicted molar refractivity (Wildman–Crippen MR) is 208 cm³/mol. The maximum absolute atomic E-state index is 2.33. The fraction of sp³-hybridized carbons (Fsp3) is 0.100. The zero-order chi connectivity index (χ0) is 31.6. The average Bonchev–Trinajstić information content (AvgIpc) is 3.84. The third-order valence-corrected chi connectivity index (χ3v) is 6.19. The molecular formula is C40H42Cl2Hf2Si2. The number of rotatable bonds is 0. The van der Waals surface area contributed by atoms with Gasteiger partial charge in [-0.15, -0.1) is 143 Å². The monoisotopic (exact) mass is 1010 g/mol. The minimum Gasteiger partial charge on any atom is -0.168 e. The van der Waals surface area contributed by atoms with E-state index >= 15 is 0 Å². The van der Waals surface area contributed by atoms with Crippen molar-refractivity contribution >= 4 is 78.9 Å². The van der Waals surface area contributed by atoms with Gasteiger partial charge in [0.15, 0.2) is 0 Å². The SMILES string of the molecule is C[Si](C)=[Hf+2].C[Si](C)=[Hf+2].Cl.Cl.c1ccc2[cH-]ccc2c1.c1ccc2[cH-]ccc2c1.c1ccc2[cH-]ccc2c1.c1ccc2[cH-]ccc2c1. The van der Waals surface area contributed by atoms with E-state index in [-0.39, 0.29) is 35.8 Å². The summed E-state index contributed by atoms with van der Waals surface area (Å²) in [6.07, 6.45) is 0. The molecule has 232 valence electrons. The van der Waals surface area contributed by atoms with E-state index in [1.807, 2.05) is 0 Å². The van der Waals surface area contributed by atoms with Crippen molar-refractivity contribution in [2.75, 3.05) is 0 Å². The molecule has 0 atom stereocenters. The molecule has 46 heavy (non-hydrogen) atoms. The van der Waals surface area contributed by atoms with Gasteiger partial charge in [-0.05, 0) is 0 Å². The average molecular weight is 1010 g/mol. The summed E-state index contributed by atoms with van der Waals surface area (Å²) in [7, 11) is 0. The topological polar surface area (TPSA) is 0 Å². The van der Waals surface area contributed by atoms with E-state index in [1.54, 1.807) is 0 Å². The molecular weight excluding hydrogens is 964 g/mol. The fourth-order valence-electron chi connectivity index (χ4n) is 4.28. The van der Waals surface area contributed by atoms with E-state index in [2.05, 4.69) is 196 Å². The molecule has 0 fully saturated rings. The van der Waals surface area contributed by atoms with Crippen LogP contribution < -0.4 is 0 Å². The standard InChI is InChI=1S/4C9H7.2C2H6Si.2ClH.2Hf/c4*1-2-5-9-7-3-6-8(9)4-1;2*1-3-2;;;;/h4*1-7H;2*1-2H3;2*1H;;/q4*-1;;;;;2*+2. The molecule has 0 bridgehead atoms. The van der Waals surface area contributed by atoms with Gasteiger partial charge in [-0.1, -0.05) is 24.3 Å². The van der Waals surface area contributed by atoms with Crippen molar-refractivity contribution in [3.05, 3.63) is 170 Å². The molecule has 0 amide bonds. The predicted octanol–water partition coefficient (Wildman–Crippen LogP) is 12.6. The summed E-state index contributed by atoms with van der Waals surface area (Å²) < 4.78 is 0. The molecule has 0 unspecified atom stereocenters. The Morgan fingerprint density at radius 3 is 0.696 bits per heavy atom. The van der Waals surface area contributed by atoms with Crippen LogP contribution in [0.1, 0.15) is 0 Å². The van der Waals surface area contributed by atoms with Crippen molar-refractivity contribution in [3.8, 4) is 0 Å². The van der Waals surface area contributed by atoms with E-state index in [0.29, 0.717) is 0 Å². The largest absolute Gasteiger partial charge is 0.168 e. The van der Waals surface area contributed by atoms with Crippen LogP contribution >= 0.6 is 24.8 Å². The smallest absolute Gasteiger partial charge is 0.0809 e. The number of hydrogen-bond acceptors (Lipinski definition) is 0. The van der Waals surface area contributed by atoms with Gasteiger partial charge in [-0.3, -0.25) is 0 Å². The van der Waals surface area contributed by atoms with Crippen LogP contribution in [-0.2, 0) is 46.0 Å². The van der Waals surface area contributed by atoms with Gasteiger partial charge in [0.2, 0.25) is 0 Å². The summed E-state index contributed by atoms with van der Waals surface area (Å²) in [4.78, 5) is 0. The van der Waals surface area contributed by atoms with Gasteiger partial charge in [-0.2, -0.15) is 70.1 Å². The first kappa shape index (κ1) is 42.1. The van der Waals surface area contributed by atoms with Crippen LogP contribution in [0.2, 0.25) is 26.2 Å².